The van der Waals surface area contributed by atoms with Gasteiger partial charge in [-0.15, -0.1) is 11.3 Å². The van der Waals surface area contributed by atoms with Gasteiger partial charge in [0.2, 0.25) is 11.8 Å². The van der Waals surface area contributed by atoms with Crippen LogP contribution < -0.4 is 5.32 Å². The SMILES string of the molecule is O=C(NC1CCCCC1)[C@H](c1ccc(Cl)cc1)N(C[C@@H]1CCCO1)C(=O)Cc1cccs1. The Bertz CT molecular complexity index is 875. The molecule has 1 saturated carbocycles. The van der Waals surface area contributed by atoms with Gasteiger partial charge in [0.15, 0.2) is 0 Å². The second-order valence-corrected chi connectivity index (χ2v) is 10.2. The number of nitrogens with zero attached hydrogens (tertiary/aromatic N) is 1. The number of halogens is 1. The fourth-order valence-corrected chi connectivity index (χ4v) is 5.49. The smallest absolute Gasteiger partial charge is 0.247 e. The van der Waals surface area contributed by atoms with Crippen molar-refractivity contribution in [2.75, 3.05) is 13.2 Å². The van der Waals surface area contributed by atoms with E-state index in [-0.39, 0.29) is 30.4 Å². The summed E-state index contributed by atoms with van der Waals surface area (Å²) in [6.07, 6.45) is 7.60. The molecule has 4 rings (SSSR count). The lowest BCUT2D eigenvalue weighted by Gasteiger charge is -2.34. The first kappa shape index (κ1) is 23.3. The third-order valence-corrected chi connectivity index (χ3v) is 7.48. The van der Waals surface area contributed by atoms with Gasteiger partial charge in [-0.05, 0) is 54.8 Å². The standard InChI is InChI=1S/C25H31ClN2O3S/c26-19-12-10-18(11-13-19)24(25(30)27-20-6-2-1-3-7-20)28(17-21-8-4-14-31-21)23(29)16-22-9-5-15-32-22/h5,9-13,15,20-21,24H,1-4,6-8,14,16-17H2,(H,27,30)/t21-,24-/m0/s1. The number of carbonyl (C=O) groups is 2. The lowest BCUT2D eigenvalue weighted by atomic mass is 9.94. The fourth-order valence-electron chi connectivity index (χ4n) is 4.67. The van der Waals surface area contributed by atoms with Crippen LogP contribution in [0.2, 0.25) is 5.02 Å². The zero-order valence-corrected chi connectivity index (χ0v) is 19.9. The summed E-state index contributed by atoms with van der Waals surface area (Å²) in [6, 6.07) is 10.7. The van der Waals surface area contributed by atoms with E-state index in [1.54, 1.807) is 28.4 Å². The second-order valence-electron chi connectivity index (χ2n) is 8.73. The Morgan fingerprint density at radius 2 is 1.88 bits per heavy atom. The van der Waals surface area contributed by atoms with Crippen molar-refractivity contribution in [3.05, 3.63) is 57.2 Å². The van der Waals surface area contributed by atoms with Crippen LogP contribution in [0.5, 0.6) is 0 Å². The van der Waals surface area contributed by atoms with E-state index >= 15 is 0 Å². The number of benzene rings is 1. The molecule has 2 aliphatic rings. The van der Waals surface area contributed by atoms with Gasteiger partial charge >= 0.3 is 0 Å². The Morgan fingerprint density at radius 3 is 2.53 bits per heavy atom. The van der Waals surface area contributed by atoms with Gasteiger partial charge in [0.1, 0.15) is 6.04 Å². The first-order valence-electron chi connectivity index (χ1n) is 11.6. The molecule has 1 aliphatic heterocycles. The molecule has 2 atom stereocenters. The number of nitrogens with one attached hydrogen (secondary N) is 1. The van der Waals surface area contributed by atoms with Gasteiger partial charge in [0, 0.05) is 29.1 Å². The molecule has 7 heteroatoms. The summed E-state index contributed by atoms with van der Waals surface area (Å²) in [5, 5.41) is 5.83. The molecule has 2 heterocycles. The van der Waals surface area contributed by atoms with E-state index in [1.807, 2.05) is 29.6 Å². The number of thiophene rings is 1. The molecule has 1 aromatic carbocycles. The van der Waals surface area contributed by atoms with Crippen LogP contribution in [0.3, 0.4) is 0 Å². The highest BCUT2D eigenvalue weighted by atomic mass is 35.5. The van der Waals surface area contributed by atoms with E-state index in [4.69, 9.17) is 16.3 Å². The Kier molecular flexibility index (Phi) is 8.22. The zero-order valence-electron chi connectivity index (χ0n) is 18.3. The van der Waals surface area contributed by atoms with Crippen LogP contribution in [0.4, 0.5) is 0 Å². The highest BCUT2D eigenvalue weighted by Gasteiger charge is 2.35. The summed E-state index contributed by atoms with van der Waals surface area (Å²) < 4.78 is 5.86. The van der Waals surface area contributed by atoms with E-state index in [0.717, 1.165) is 49.0 Å². The fraction of sp³-hybridized carbons (Fsp3) is 0.520. The van der Waals surface area contributed by atoms with Gasteiger partial charge in [0.25, 0.3) is 0 Å². The molecule has 2 fully saturated rings. The minimum atomic E-state index is -0.703. The lowest BCUT2D eigenvalue weighted by Crippen LogP contribution is -2.49. The van der Waals surface area contributed by atoms with Gasteiger partial charge in [-0.2, -0.15) is 0 Å². The summed E-state index contributed by atoms with van der Waals surface area (Å²) in [4.78, 5) is 29.9. The number of rotatable bonds is 8. The molecule has 0 radical (unpaired) electrons. The van der Waals surface area contributed by atoms with E-state index in [9.17, 15) is 9.59 Å². The molecule has 1 saturated heterocycles. The molecule has 1 N–H and O–H groups in total. The maximum absolute atomic E-state index is 13.6. The van der Waals surface area contributed by atoms with Crippen LogP contribution >= 0.6 is 22.9 Å². The van der Waals surface area contributed by atoms with Crippen molar-refractivity contribution in [2.24, 2.45) is 0 Å². The molecule has 172 valence electrons. The zero-order chi connectivity index (χ0) is 22.3. The minimum absolute atomic E-state index is 0.0421. The van der Waals surface area contributed by atoms with Gasteiger partial charge in [-0.1, -0.05) is 49.1 Å². The summed E-state index contributed by atoms with van der Waals surface area (Å²) in [6.45, 7) is 1.12. The number of hydrogen-bond acceptors (Lipinski definition) is 4. The van der Waals surface area contributed by atoms with E-state index in [1.165, 1.54) is 6.42 Å². The third-order valence-electron chi connectivity index (χ3n) is 6.35. The first-order valence-corrected chi connectivity index (χ1v) is 12.8. The van der Waals surface area contributed by atoms with Crippen LogP contribution in [0.1, 0.15) is 61.4 Å². The van der Waals surface area contributed by atoms with Crippen molar-refractivity contribution < 1.29 is 14.3 Å². The van der Waals surface area contributed by atoms with Crippen molar-refractivity contribution in [1.82, 2.24) is 10.2 Å². The second kappa shape index (κ2) is 11.3. The van der Waals surface area contributed by atoms with E-state index < -0.39 is 6.04 Å². The molecule has 1 aliphatic carbocycles. The average Bonchev–Trinajstić information content (AvgIpc) is 3.49. The molecule has 5 nitrogen and oxygen atoms in total. The number of carbonyl (C=O) groups excluding carboxylic acids is 2. The number of hydrogen-bond donors (Lipinski definition) is 1. The summed E-state index contributed by atoms with van der Waals surface area (Å²) in [5.41, 5.74) is 0.778. The maximum Gasteiger partial charge on any atom is 0.247 e. The van der Waals surface area contributed by atoms with Gasteiger partial charge in [-0.25, -0.2) is 0 Å². The maximum atomic E-state index is 13.6. The summed E-state index contributed by atoms with van der Waals surface area (Å²) >= 11 is 7.69. The predicted octanol–water partition coefficient (Wildman–Crippen LogP) is 5.14. The molecule has 0 spiro atoms. The van der Waals surface area contributed by atoms with Gasteiger partial charge in [-0.3, -0.25) is 9.59 Å². The predicted molar refractivity (Wildman–Crippen MR) is 128 cm³/mol. The Morgan fingerprint density at radius 1 is 1.09 bits per heavy atom. The highest BCUT2D eigenvalue weighted by Crippen LogP contribution is 2.28. The molecule has 0 unspecified atom stereocenters. The summed E-state index contributed by atoms with van der Waals surface area (Å²) in [5.74, 6) is -0.168. The van der Waals surface area contributed by atoms with Crippen LogP contribution in [-0.2, 0) is 20.7 Å². The molecule has 2 aromatic rings. The van der Waals surface area contributed by atoms with Crippen LogP contribution in [0.25, 0.3) is 0 Å². The molecular formula is C25H31ClN2O3S. The average molecular weight is 475 g/mol. The quantitative estimate of drug-likeness (QED) is 0.576. The van der Waals surface area contributed by atoms with Crippen LogP contribution in [0.15, 0.2) is 41.8 Å². The third kappa shape index (κ3) is 6.12. The van der Waals surface area contributed by atoms with Crippen molar-refractivity contribution >= 4 is 34.8 Å². The largest absolute Gasteiger partial charge is 0.376 e. The Labute approximate surface area is 199 Å². The van der Waals surface area contributed by atoms with E-state index in [2.05, 4.69) is 5.32 Å². The molecule has 0 bridgehead atoms. The minimum Gasteiger partial charge on any atom is -0.376 e. The monoisotopic (exact) mass is 474 g/mol. The van der Waals surface area contributed by atoms with Crippen LogP contribution in [0, 0.1) is 0 Å². The van der Waals surface area contributed by atoms with Crippen molar-refractivity contribution in [1.29, 1.82) is 0 Å². The molecule has 32 heavy (non-hydrogen) atoms. The topological polar surface area (TPSA) is 58.6 Å². The number of ether oxygens (including phenoxy) is 1. The Balaban J connectivity index is 1.62. The van der Waals surface area contributed by atoms with Crippen molar-refractivity contribution in [3.63, 3.8) is 0 Å². The van der Waals surface area contributed by atoms with Crippen LogP contribution in [-0.4, -0.2) is 42.0 Å². The lowest BCUT2D eigenvalue weighted by molar-refractivity contribution is -0.142. The normalized spacial score (nSPS) is 20.1. The number of amides is 2. The van der Waals surface area contributed by atoms with E-state index in [0.29, 0.717) is 18.2 Å². The Hall–Kier alpha value is -1.89. The first-order chi connectivity index (χ1) is 15.6. The molecule has 2 amide bonds. The molecular weight excluding hydrogens is 444 g/mol. The highest BCUT2D eigenvalue weighted by molar-refractivity contribution is 7.10. The van der Waals surface area contributed by atoms with Crippen molar-refractivity contribution in [3.8, 4) is 0 Å². The van der Waals surface area contributed by atoms with Crippen molar-refractivity contribution in [2.45, 2.75) is 69.6 Å². The van der Waals surface area contributed by atoms with Gasteiger partial charge < -0.3 is 15.0 Å². The molecule has 1 aromatic heterocycles. The van der Waals surface area contributed by atoms with Gasteiger partial charge in [0.05, 0.1) is 12.5 Å². The summed E-state index contributed by atoms with van der Waals surface area (Å²) in [7, 11) is 0.